The molecular formula is C52H32Br4. The molecule has 10 rings (SSSR count). The van der Waals surface area contributed by atoms with Gasteiger partial charge in [-0.15, -0.1) is 0 Å². The van der Waals surface area contributed by atoms with Gasteiger partial charge in [0.2, 0.25) is 0 Å². The molecule has 4 heteroatoms. The van der Waals surface area contributed by atoms with E-state index in [4.69, 9.17) is 0 Å². The normalized spacial score (nSPS) is 11.2. The van der Waals surface area contributed by atoms with Crippen molar-refractivity contribution in [1.29, 1.82) is 0 Å². The molecule has 0 N–H and O–H groups in total. The maximum Gasteiger partial charge on any atom is 0.0181 e. The molecule has 0 aliphatic rings. The Morgan fingerprint density at radius 1 is 0.196 bits per heavy atom. The number of hydrogen-bond donors (Lipinski definition) is 0. The molecule has 10 aromatic rings. The summed E-state index contributed by atoms with van der Waals surface area (Å²) < 4.78 is 4.36. The fourth-order valence-corrected chi connectivity index (χ4v) is 9.45. The second kappa shape index (κ2) is 16.0. The third-order valence-corrected chi connectivity index (χ3v) is 12.3. The molecule has 268 valence electrons. The van der Waals surface area contributed by atoms with Crippen LogP contribution < -0.4 is 0 Å². The van der Waals surface area contributed by atoms with Gasteiger partial charge in [0, 0.05) is 17.9 Å². The molecule has 0 heterocycles. The van der Waals surface area contributed by atoms with Crippen LogP contribution in [0, 0.1) is 0 Å². The zero-order chi connectivity index (χ0) is 38.2. The van der Waals surface area contributed by atoms with Crippen molar-refractivity contribution in [3.8, 4) is 44.5 Å². The molecular weight excluding hydrogens is 944 g/mol. The Morgan fingerprint density at radius 2 is 0.393 bits per heavy atom. The Labute approximate surface area is 360 Å². The van der Waals surface area contributed by atoms with Crippen LogP contribution in [0.1, 0.15) is 0 Å². The quantitative estimate of drug-likeness (QED) is 0.154. The van der Waals surface area contributed by atoms with Crippen molar-refractivity contribution in [3.63, 3.8) is 0 Å². The van der Waals surface area contributed by atoms with Gasteiger partial charge in [0.05, 0.1) is 0 Å². The van der Waals surface area contributed by atoms with Crippen LogP contribution in [0.25, 0.3) is 87.6 Å². The molecule has 0 aromatic heterocycles. The molecule has 0 unspecified atom stereocenters. The van der Waals surface area contributed by atoms with Gasteiger partial charge in [-0.25, -0.2) is 0 Å². The van der Waals surface area contributed by atoms with Crippen molar-refractivity contribution < 1.29 is 0 Å². The van der Waals surface area contributed by atoms with Gasteiger partial charge in [0.25, 0.3) is 0 Å². The van der Waals surface area contributed by atoms with Crippen LogP contribution in [0.4, 0.5) is 0 Å². The van der Waals surface area contributed by atoms with Crippen LogP contribution in [0.15, 0.2) is 212 Å². The van der Waals surface area contributed by atoms with Gasteiger partial charge in [0.15, 0.2) is 0 Å². The van der Waals surface area contributed by atoms with Crippen molar-refractivity contribution in [1.82, 2.24) is 0 Å². The third kappa shape index (κ3) is 7.05. The van der Waals surface area contributed by atoms with Crippen molar-refractivity contribution in [3.05, 3.63) is 212 Å². The number of halogens is 4. The molecule has 0 saturated heterocycles. The minimum atomic E-state index is 1.09. The highest BCUT2D eigenvalue weighted by Gasteiger charge is 2.19. The molecule has 0 fully saturated rings. The Bertz CT molecular complexity index is 2610. The smallest absolute Gasteiger partial charge is 0.0181 e. The number of rotatable bonds is 4. The molecule has 0 atom stereocenters. The summed E-state index contributed by atoms with van der Waals surface area (Å²) in [7, 11) is 0. The molecule has 0 aliphatic heterocycles. The van der Waals surface area contributed by atoms with Crippen molar-refractivity contribution in [2.24, 2.45) is 0 Å². The van der Waals surface area contributed by atoms with Gasteiger partial charge in [0.1, 0.15) is 0 Å². The molecule has 0 aliphatic carbocycles. The van der Waals surface area contributed by atoms with E-state index >= 15 is 0 Å². The average Bonchev–Trinajstić information content (AvgIpc) is 3.23. The number of fused-ring (bicyclic) bond motifs is 4. The summed E-state index contributed by atoms with van der Waals surface area (Å²) in [6.45, 7) is 0. The molecule has 56 heavy (non-hydrogen) atoms. The fraction of sp³-hybridized carbons (Fsp3) is 0. The Balaban J connectivity index is 0.000000146. The predicted octanol–water partition coefficient (Wildman–Crippen LogP) is 17.7. The van der Waals surface area contributed by atoms with E-state index in [0.29, 0.717) is 0 Å². The van der Waals surface area contributed by atoms with E-state index in [9.17, 15) is 0 Å². The minimum absolute atomic E-state index is 1.09. The first-order valence-electron chi connectivity index (χ1n) is 18.4. The topological polar surface area (TPSA) is 0 Å². The van der Waals surface area contributed by atoms with Gasteiger partial charge < -0.3 is 0 Å². The zero-order valence-electron chi connectivity index (χ0n) is 30.0. The van der Waals surface area contributed by atoms with Gasteiger partial charge in [-0.3, -0.25) is 0 Å². The second-order valence-corrected chi connectivity index (χ2v) is 17.4. The van der Waals surface area contributed by atoms with E-state index in [1.807, 2.05) is 0 Å². The average molecular weight is 976 g/mol. The minimum Gasteiger partial charge on any atom is -0.0622 e. The van der Waals surface area contributed by atoms with Crippen molar-refractivity contribution in [2.75, 3.05) is 0 Å². The highest BCUT2D eigenvalue weighted by Crippen LogP contribution is 2.46. The lowest BCUT2D eigenvalue weighted by molar-refractivity contribution is 1.63. The zero-order valence-corrected chi connectivity index (χ0v) is 36.3. The molecule has 0 saturated carbocycles. The highest BCUT2D eigenvalue weighted by atomic mass is 79.9. The second-order valence-electron chi connectivity index (χ2n) is 13.7. The summed E-state index contributed by atoms with van der Waals surface area (Å²) in [5.41, 5.74) is 10.0. The van der Waals surface area contributed by atoms with E-state index in [0.717, 1.165) is 17.9 Å². The molecule has 10 aromatic carbocycles. The standard InChI is InChI=1S/2C26H16Br2/c2*27-19-12-14-22-23(15-19)25(17-7-3-1-4-8-17)21-13-11-20(28)16-24(21)26(22)18-9-5-2-6-10-18/h2*1-16H. The van der Waals surface area contributed by atoms with Crippen LogP contribution in [0.5, 0.6) is 0 Å². The first-order valence-corrected chi connectivity index (χ1v) is 21.5. The predicted molar refractivity (Wildman–Crippen MR) is 255 cm³/mol. The first-order chi connectivity index (χ1) is 27.4. The van der Waals surface area contributed by atoms with E-state index in [-0.39, 0.29) is 0 Å². The van der Waals surface area contributed by atoms with Crippen molar-refractivity contribution in [2.45, 2.75) is 0 Å². The molecule has 0 amide bonds. The van der Waals surface area contributed by atoms with Crippen LogP contribution in [-0.2, 0) is 0 Å². The molecule has 0 spiro atoms. The van der Waals surface area contributed by atoms with Crippen LogP contribution in [0.2, 0.25) is 0 Å². The summed E-state index contributed by atoms with van der Waals surface area (Å²) in [5.74, 6) is 0. The van der Waals surface area contributed by atoms with E-state index in [2.05, 4.69) is 258 Å². The van der Waals surface area contributed by atoms with Gasteiger partial charge in [-0.05, 0) is 136 Å². The third-order valence-electron chi connectivity index (χ3n) is 10.3. The first kappa shape index (κ1) is 36.8. The Kier molecular flexibility index (Phi) is 10.5. The monoisotopic (exact) mass is 972 g/mol. The summed E-state index contributed by atoms with van der Waals surface area (Å²) >= 11 is 14.8. The molecule has 0 bridgehead atoms. The van der Waals surface area contributed by atoms with E-state index < -0.39 is 0 Å². The van der Waals surface area contributed by atoms with Gasteiger partial charge in [-0.2, -0.15) is 0 Å². The summed E-state index contributed by atoms with van der Waals surface area (Å²) in [6, 6.07) is 69.1. The lowest BCUT2D eigenvalue weighted by atomic mass is 9.86. The SMILES string of the molecule is Brc1ccc2c(-c3ccccc3)c3cc(Br)ccc3c(-c3ccccc3)c2c1.Brc1ccc2c(-c3ccccc3)c3cc(Br)ccc3c(-c3ccccc3)c2c1. The maximum atomic E-state index is 3.69. The maximum absolute atomic E-state index is 3.69. The van der Waals surface area contributed by atoms with Crippen LogP contribution in [0.3, 0.4) is 0 Å². The van der Waals surface area contributed by atoms with E-state index in [1.165, 1.54) is 87.6 Å². The summed E-state index contributed by atoms with van der Waals surface area (Å²) in [4.78, 5) is 0. The fourth-order valence-electron chi connectivity index (χ4n) is 8.01. The van der Waals surface area contributed by atoms with Crippen LogP contribution >= 0.6 is 63.7 Å². The largest absolute Gasteiger partial charge is 0.0622 e. The molecule has 0 radical (unpaired) electrons. The lowest BCUT2D eigenvalue weighted by Gasteiger charge is -2.18. The lowest BCUT2D eigenvalue weighted by Crippen LogP contribution is -1.91. The molecule has 0 nitrogen and oxygen atoms in total. The summed E-state index contributed by atoms with van der Waals surface area (Å²) in [6.07, 6.45) is 0. The van der Waals surface area contributed by atoms with E-state index in [1.54, 1.807) is 0 Å². The van der Waals surface area contributed by atoms with Gasteiger partial charge >= 0.3 is 0 Å². The van der Waals surface area contributed by atoms with Crippen molar-refractivity contribution >= 4 is 107 Å². The van der Waals surface area contributed by atoms with Gasteiger partial charge in [-0.1, -0.05) is 209 Å². The number of hydrogen-bond acceptors (Lipinski definition) is 0. The van der Waals surface area contributed by atoms with Crippen LogP contribution in [-0.4, -0.2) is 0 Å². The Hall–Kier alpha value is -4.84. The summed E-state index contributed by atoms with van der Waals surface area (Å²) in [5, 5.41) is 10.1. The highest BCUT2D eigenvalue weighted by molar-refractivity contribution is 9.11. The number of benzene rings is 10. The Morgan fingerprint density at radius 3 is 0.589 bits per heavy atom.